The molecule has 0 aromatic heterocycles. The van der Waals surface area contributed by atoms with Crippen molar-refractivity contribution in [1.82, 2.24) is 4.31 Å². The second kappa shape index (κ2) is 8.59. The highest BCUT2D eigenvalue weighted by molar-refractivity contribution is 7.89. The fraction of sp³-hybridized carbons (Fsp3) is 0.263. The van der Waals surface area contributed by atoms with E-state index in [1.807, 2.05) is 0 Å². The van der Waals surface area contributed by atoms with E-state index < -0.39 is 22.5 Å². The zero-order chi connectivity index (χ0) is 21.9. The van der Waals surface area contributed by atoms with E-state index in [4.69, 9.17) is 14.2 Å². The van der Waals surface area contributed by atoms with Crippen LogP contribution in [-0.4, -0.2) is 59.0 Å². The van der Waals surface area contributed by atoms with E-state index in [-0.39, 0.29) is 23.1 Å². The van der Waals surface area contributed by atoms with Gasteiger partial charge in [0.1, 0.15) is 17.2 Å². The van der Waals surface area contributed by atoms with Crippen molar-refractivity contribution < 1.29 is 32.2 Å². The van der Waals surface area contributed by atoms with Crippen molar-refractivity contribution in [3.05, 3.63) is 36.4 Å². The van der Waals surface area contributed by atoms with E-state index in [0.717, 1.165) is 4.31 Å². The van der Waals surface area contributed by atoms with Crippen molar-refractivity contribution in [2.24, 2.45) is 0 Å². The van der Waals surface area contributed by atoms with Crippen LogP contribution >= 0.6 is 0 Å². The fourth-order valence-corrected chi connectivity index (χ4v) is 3.94. The minimum Gasteiger partial charge on any atom is -0.497 e. The van der Waals surface area contributed by atoms with E-state index in [1.54, 1.807) is 18.2 Å². The van der Waals surface area contributed by atoms with Crippen molar-refractivity contribution in [2.45, 2.75) is 4.90 Å². The number of nitrogens with zero attached hydrogens (tertiary/aromatic N) is 1. The zero-order valence-corrected chi connectivity index (χ0v) is 17.4. The quantitative estimate of drug-likeness (QED) is 0.672. The minimum atomic E-state index is -3.99. The van der Waals surface area contributed by atoms with E-state index in [2.05, 4.69) is 10.6 Å². The van der Waals surface area contributed by atoms with Gasteiger partial charge in [-0.3, -0.25) is 9.59 Å². The van der Waals surface area contributed by atoms with Crippen LogP contribution in [0.4, 0.5) is 11.4 Å². The number of carbonyl (C=O) groups is 2. The number of ether oxygens (including phenoxy) is 3. The number of carbonyl (C=O) groups excluding carboxylic acids is 2. The highest BCUT2D eigenvalue weighted by Crippen LogP contribution is 2.31. The topological polar surface area (TPSA) is 123 Å². The molecule has 1 heterocycles. The molecule has 1 aliphatic rings. The number of fused-ring (bicyclic) bond motifs is 1. The summed E-state index contributed by atoms with van der Waals surface area (Å²) in [4.78, 5) is 23.8. The number of methoxy groups -OCH3 is 2. The number of likely N-dealkylation sites (N-methyl/N-ethyl adjacent to an activating group) is 1. The summed E-state index contributed by atoms with van der Waals surface area (Å²) in [7, 11) is 0.246. The number of hydrogen-bond donors (Lipinski definition) is 2. The molecule has 10 nitrogen and oxygen atoms in total. The average molecular weight is 435 g/mol. The molecule has 2 aromatic rings. The Morgan fingerprint density at radius 1 is 1.20 bits per heavy atom. The van der Waals surface area contributed by atoms with Crippen molar-refractivity contribution in [3.8, 4) is 17.2 Å². The summed E-state index contributed by atoms with van der Waals surface area (Å²) in [5, 5.41) is 5.18. The second-order valence-electron chi connectivity index (χ2n) is 6.37. The Balaban J connectivity index is 1.73. The highest BCUT2D eigenvalue weighted by atomic mass is 32.2. The molecule has 2 N–H and O–H groups in total. The third kappa shape index (κ3) is 4.47. The third-order valence-electron chi connectivity index (χ3n) is 4.34. The van der Waals surface area contributed by atoms with Crippen LogP contribution in [0.5, 0.6) is 17.2 Å². The molecule has 11 heteroatoms. The van der Waals surface area contributed by atoms with Gasteiger partial charge in [0.15, 0.2) is 6.61 Å². The Labute approximate surface area is 173 Å². The SMILES string of the molecule is COc1ccc(NC(=O)CN(C)S(=O)(=O)c2ccc3c(c2)NC(=O)CO3)c(OC)c1. The zero-order valence-electron chi connectivity index (χ0n) is 16.6. The first kappa shape index (κ1) is 21.4. The molecule has 30 heavy (non-hydrogen) atoms. The molecule has 1 aliphatic heterocycles. The van der Waals surface area contributed by atoms with Crippen molar-refractivity contribution in [3.63, 3.8) is 0 Å². The lowest BCUT2D eigenvalue weighted by Gasteiger charge is -2.21. The Morgan fingerprint density at radius 3 is 2.67 bits per heavy atom. The summed E-state index contributed by atoms with van der Waals surface area (Å²) >= 11 is 0. The molecule has 2 aromatic carbocycles. The van der Waals surface area contributed by atoms with Crippen molar-refractivity contribution in [1.29, 1.82) is 0 Å². The Kier molecular flexibility index (Phi) is 6.13. The van der Waals surface area contributed by atoms with Crippen LogP contribution < -0.4 is 24.8 Å². The van der Waals surface area contributed by atoms with E-state index in [0.29, 0.717) is 22.9 Å². The predicted molar refractivity (Wildman–Crippen MR) is 109 cm³/mol. The standard InChI is InChI=1S/C19H21N3O7S/c1-22(10-18(23)20-14-6-4-12(27-2)8-17(14)28-3)30(25,26)13-5-7-16-15(9-13)21-19(24)11-29-16/h4-9H,10-11H2,1-3H3,(H,20,23)(H,21,24). The number of anilines is 2. The number of hydrogen-bond acceptors (Lipinski definition) is 7. The number of benzene rings is 2. The number of amides is 2. The summed E-state index contributed by atoms with van der Waals surface area (Å²) in [6, 6.07) is 8.94. The Morgan fingerprint density at radius 2 is 1.97 bits per heavy atom. The summed E-state index contributed by atoms with van der Waals surface area (Å²) in [5.74, 6) is 0.365. The van der Waals surface area contributed by atoms with Gasteiger partial charge in [-0.05, 0) is 30.3 Å². The average Bonchev–Trinajstić information content (AvgIpc) is 2.73. The Hall–Kier alpha value is -3.31. The maximum Gasteiger partial charge on any atom is 0.262 e. The van der Waals surface area contributed by atoms with Crippen LogP contribution in [0.2, 0.25) is 0 Å². The summed E-state index contributed by atoms with van der Waals surface area (Å²) in [6.07, 6.45) is 0. The molecule has 0 saturated heterocycles. The summed E-state index contributed by atoms with van der Waals surface area (Å²) in [5.41, 5.74) is 0.635. The van der Waals surface area contributed by atoms with Crippen LogP contribution in [0.3, 0.4) is 0 Å². The van der Waals surface area contributed by atoms with Gasteiger partial charge in [-0.1, -0.05) is 0 Å². The maximum atomic E-state index is 12.8. The van der Waals surface area contributed by atoms with Crippen LogP contribution in [0, 0.1) is 0 Å². The van der Waals surface area contributed by atoms with Crippen LogP contribution in [0.1, 0.15) is 0 Å². The molecular formula is C19H21N3O7S. The van der Waals surface area contributed by atoms with Gasteiger partial charge in [-0.15, -0.1) is 0 Å². The molecule has 0 saturated carbocycles. The van der Waals surface area contributed by atoms with E-state index in [9.17, 15) is 18.0 Å². The van der Waals surface area contributed by atoms with Gasteiger partial charge < -0.3 is 24.8 Å². The molecule has 2 amide bonds. The van der Waals surface area contributed by atoms with Crippen LogP contribution in [0.25, 0.3) is 0 Å². The molecule has 0 fully saturated rings. The first-order valence-electron chi connectivity index (χ1n) is 8.79. The largest absolute Gasteiger partial charge is 0.497 e. The van der Waals surface area contributed by atoms with Crippen LogP contribution in [0.15, 0.2) is 41.3 Å². The lowest BCUT2D eigenvalue weighted by molar-refractivity contribution is -0.118. The first-order chi connectivity index (χ1) is 14.2. The molecule has 3 rings (SSSR count). The number of sulfonamides is 1. The van der Waals surface area contributed by atoms with Gasteiger partial charge in [-0.2, -0.15) is 4.31 Å². The van der Waals surface area contributed by atoms with E-state index >= 15 is 0 Å². The Bertz CT molecular complexity index is 1090. The van der Waals surface area contributed by atoms with Gasteiger partial charge in [0, 0.05) is 13.1 Å². The maximum absolute atomic E-state index is 12.8. The lowest BCUT2D eigenvalue weighted by Crippen LogP contribution is -2.35. The van der Waals surface area contributed by atoms with Gasteiger partial charge >= 0.3 is 0 Å². The fourth-order valence-electron chi connectivity index (χ4n) is 2.78. The molecule has 0 bridgehead atoms. The van der Waals surface area contributed by atoms with Gasteiger partial charge in [0.25, 0.3) is 5.91 Å². The lowest BCUT2D eigenvalue weighted by atomic mass is 10.2. The predicted octanol–water partition coefficient (Wildman–Crippen LogP) is 1.29. The van der Waals surface area contributed by atoms with Crippen LogP contribution in [-0.2, 0) is 19.6 Å². The monoisotopic (exact) mass is 435 g/mol. The molecule has 0 aliphatic carbocycles. The number of rotatable bonds is 7. The minimum absolute atomic E-state index is 0.0793. The van der Waals surface area contributed by atoms with Crippen molar-refractivity contribution >= 4 is 33.2 Å². The van der Waals surface area contributed by atoms with Gasteiger partial charge in [0.05, 0.1) is 37.0 Å². The smallest absolute Gasteiger partial charge is 0.262 e. The molecule has 160 valence electrons. The highest BCUT2D eigenvalue weighted by Gasteiger charge is 2.26. The summed E-state index contributed by atoms with van der Waals surface area (Å²) in [6.45, 7) is -0.564. The molecule has 0 radical (unpaired) electrons. The third-order valence-corrected chi connectivity index (χ3v) is 6.14. The second-order valence-corrected chi connectivity index (χ2v) is 8.42. The molecule has 0 spiro atoms. The summed E-state index contributed by atoms with van der Waals surface area (Å²) < 4.78 is 42.2. The van der Waals surface area contributed by atoms with E-state index in [1.165, 1.54) is 39.5 Å². The normalized spacial score (nSPS) is 13.1. The van der Waals surface area contributed by atoms with Crippen molar-refractivity contribution in [2.75, 3.05) is 45.1 Å². The molecular weight excluding hydrogens is 414 g/mol. The number of nitrogens with one attached hydrogen (secondary N) is 2. The molecule has 0 atom stereocenters. The van der Waals surface area contributed by atoms with Gasteiger partial charge in [-0.25, -0.2) is 8.42 Å². The van der Waals surface area contributed by atoms with Gasteiger partial charge in [0.2, 0.25) is 15.9 Å². The first-order valence-corrected chi connectivity index (χ1v) is 10.2. The molecule has 0 unspecified atom stereocenters.